The Labute approximate surface area is 96.6 Å². The second-order valence-electron chi connectivity index (χ2n) is 4.32. The van der Waals surface area contributed by atoms with Gasteiger partial charge in [0.25, 0.3) is 5.79 Å². The lowest BCUT2D eigenvalue weighted by molar-refractivity contribution is -0.233. The Morgan fingerprint density at radius 2 is 2.18 bits per heavy atom. The summed E-state index contributed by atoms with van der Waals surface area (Å²) in [5.74, 6) is -3.37. The normalized spacial score (nSPS) is 46.8. The first kappa shape index (κ1) is 12.7. The quantitative estimate of drug-likeness (QED) is 0.356. The largest absolute Gasteiger partial charge is 0.477 e. The van der Waals surface area contributed by atoms with Gasteiger partial charge in [-0.15, -0.1) is 0 Å². The van der Waals surface area contributed by atoms with Crippen molar-refractivity contribution >= 4 is 5.97 Å². The fourth-order valence-corrected chi connectivity index (χ4v) is 2.22. The van der Waals surface area contributed by atoms with Crippen molar-refractivity contribution in [2.75, 3.05) is 6.61 Å². The highest BCUT2D eigenvalue weighted by atomic mass is 16.8. The van der Waals surface area contributed by atoms with Crippen molar-refractivity contribution in [3.8, 4) is 0 Å². The zero-order chi connectivity index (χ0) is 12.8. The van der Waals surface area contributed by atoms with Crippen LogP contribution in [0.1, 0.15) is 6.42 Å². The molecule has 2 aliphatic heterocycles. The second-order valence-corrected chi connectivity index (χ2v) is 4.32. The van der Waals surface area contributed by atoms with E-state index in [4.69, 9.17) is 25.4 Å². The molecule has 0 aliphatic carbocycles. The van der Waals surface area contributed by atoms with Gasteiger partial charge in [-0.05, 0) is 0 Å². The van der Waals surface area contributed by atoms with Crippen LogP contribution in [0.15, 0.2) is 0 Å². The van der Waals surface area contributed by atoms with Crippen LogP contribution >= 0.6 is 0 Å². The standard InChI is InChI=1S/C9H15NO7/c10-5-3(12)1-9(8(14)15)16-6(4(13)2-11)7(5)17-9/h3-7,11-13H,1-2,10H2,(H,14,15)/t3-,4+,5+,6+,7+,9?/m0/s1. The van der Waals surface area contributed by atoms with Crippen LogP contribution < -0.4 is 5.73 Å². The number of aliphatic hydroxyl groups excluding tert-OH is 3. The number of rotatable bonds is 3. The zero-order valence-electron chi connectivity index (χ0n) is 8.89. The first-order valence-electron chi connectivity index (χ1n) is 5.23. The fourth-order valence-electron chi connectivity index (χ4n) is 2.22. The number of nitrogens with two attached hydrogens (primary N) is 1. The van der Waals surface area contributed by atoms with Gasteiger partial charge >= 0.3 is 5.97 Å². The number of fused-ring (bicyclic) bond motifs is 2. The summed E-state index contributed by atoms with van der Waals surface area (Å²) in [5, 5.41) is 37.1. The summed E-state index contributed by atoms with van der Waals surface area (Å²) >= 11 is 0. The van der Waals surface area contributed by atoms with Crippen molar-refractivity contribution in [1.82, 2.24) is 0 Å². The zero-order valence-corrected chi connectivity index (χ0v) is 8.89. The monoisotopic (exact) mass is 249 g/mol. The molecule has 8 nitrogen and oxygen atoms in total. The van der Waals surface area contributed by atoms with Gasteiger partial charge in [0, 0.05) is 6.42 Å². The number of aliphatic hydroxyl groups is 3. The van der Waals surface area contributed by atoms with Gasteiger partial charge in [-0.1, -0.05) is 0 Å². The number of carbonyl (C=O) groups is 1. The van der Waals surface area contributed by atoms with E-state index in [1.54, 1.807) is 0 Å². The molecule has 2 aliphatic rings. The molecule has 0 aromatic heterocycles. The van der Waals surface area contributed by atoms with Crippen molar-refractivity contribution < 1.29 is 34.7 Å². The van der Waals surface area contributed by atoms with Gasteiger partial charge in [0.2, 0.25) is 0 Å². The van der Waals surface area contributed by atoms with Crippen LogP contribution in [0.5, 0.6) is 0 Å². The van der Waals surface area contributed by atoms with Crippen molar-refractivity contribution in [2.24, 2.45) is 5.73 Å². The number of hydrogen-bond acceptors (Lipinski definition) is 7. The summed E-state index contributed by atoms with van der Waals surface area (Å²) in [7, 11) is 0. The molecule has 2 rings (SSSR count). The maximum atomic E-state index is 11.1. The molecular weight excluding hydrogens is 234 g/mol. The van der Waals surface area contributed by atoms with E-state index >= 15 is 0 Å². The Morgan fingerprint density at radius 1 is 1.53 bits per heavy atom. The molecule has 2 heterocycles. The smallest absolute Gasteiger partial charge is 0.364 e. The Morgan fingerprint density at radius 3 is 2.71 bits per heavy atom. The van der Waals surface area contributed by atoms with Crippen LogP contribution in [0.4, 0.5) is 0 Å². The summed E-state index contributed by atoms with van der Waals surface area (Å²) in [5.41, 5.74) is 5.66. The van der Waals surface area contributed by atoms with Crippen LogP contribution in [0.25, 0.3) is 0 Å². The van der Waals surface area contributed by atoms with Crippen LogP contribution in [0, 0.1) is 0 Å². The molecule has 1 unspecified atom stereocenters. The predicted octanol–water partition coefficient (Wildman–Crippen LogP) is -3.00. The minimum absolute atomic E-state index is 0.311. The molecule has 0 aromatic rings. The Bertz CT molecular complexity index is 324. The predicted molar refractivity (Wildman–Crippen MR) is 51.8 cm³/mol. The summed E-state index contributed by atoms with van der Waals surface area (Å²) in [4.78, 5) is 11.1. The minimum atomic E-state index is -1.99. The summed E-state index contributed by atoms with van der Waals surface area (Å²) in [6.45, 7) is -0.608. The molecule has 0 saturated carbocycles. The van der Waals surface area contributed by atoms with Gasteiger partial charge < -0.3 is 35.6 Å². The lowest BCUT2D eigenvalue weighted by atomic mass is 9.93. The van der Waals surface area contributed by atoms with Crippen LogP contribution in [0.2, 0.25) is 0 Å². The van der Waals surface area contributed by atoms with Gasteiger partial charge in [-0.25, -0.2) is 4.79 Å². The average molecular weight is 249 g/mol. The topological polar surface area (TPSA) is 142 Å². The van der Waals surface area contributed by atoms with Gasteiger partial charge in [0.15, 0.2) is 0 Å². The average Bonchev–Trinajstić information content (AvgIpc) is 2.63. The number of carboxylic acids is 1. The van der Waals surface area contributed by atoms with Crippen LogP contribution in [-0.2, 0) is 14.3 Å². The van der Waals surface area contributed by atoms with Gasteiger partial charge in [-0.3, -0.25) is 0 Å². The molecule has 0 aromatic carbocycles. The second kappa shape index (κ2) is 4.16. The van der Waals surface area contributed by atoms with Crippen molar-refractivity contribution in [3.63, 3.8) is 0 Å². The van der Waals surface area contributed by atoms with Crippen LogP contribution in [-0.4, -0.2) is 69.2 Å². The molecule has 98 valence electrons. The molecular formula is C9H15NO7. The highest BCUT2D eigenvalue weighted by Crippen LogP contribution is 2.41. The van der Waals surface area contributed by atoms with E-state index in [0.717, 1.165) is 0 Å². The van der Waals surface area contributed by atoms with E-state index in [2.05, 4.69) is 0 Å². The molecule has 6 atom stereocenters. The Kier molecular flexibility index (Phi) is 3.10. The third-order valence-electron chi connectivity index (χ3n) is 3.17. The SMILES string of the molecule is N[C@H]1[C@H]2OC(C(=O)O)(C[C@@H]1O)O[C@@H]2[C@H](O)CO. The lowest BCUT2D eigenvalue weighted by Crippen LogP contribution is -2.57. The summed E-state index contributed by atoms with van der Waals surface area (Å²) < 4.78 is 10.3. The van der Waals surface area contributed by atoms with Crippen molar-refractivity contribution in [1.29, 1.82) is 0 Å². The first-order chi connectivity index (χ1) is 7.91. The van der Waals surface area contributed by atoms with Gasteiger partial charge in [0.1, 0.15) is 18.3 Å². The van der Waals surface area contributed by atoms with Crippen LogP contribution in [0.3, 0.4) is 0 Å². The molecule has 0 radical (unpaired) electrons. The van der Waals surface area contributed by atoms with Crippen molar-refractivity contribution in [3.05, 3.63) is 0 Å². The van der Waals surface area contributed by atoms with E-state index in [0.29, 0.717) is 0 Å². The Hall–Kier alpha value is -0.770. The number of hydrogen-bond donors (Lipinski definition) is 5. The highest BCUT2D eigenvalue weighted by molar-refractivity contribution is 5.76. The molecule has 6 N–H and O–H groups in total. The molecule has 2 fully saturated rings. The lowest BCUT2D eigenvalue weighted by Gasteiger charge is -2.34. The summed E-state index contributed by atoms with van der Waals surface area (Å²) in [6, 6.07) is -0.865. The first-order valence-corrected chi connectivity index (χ1v) is 5.23. The Balaban J connectivity index is 2.28. The minimum Gasteiger partial charge on any atom is -0.477 e. The van der Waals surface area contributed by atoms with E-state index < -0.39 is 48.8 Å². The fraction of sp³-hybridized carbons (Fsp3) is 0.889. The van der Waals surface area contributed by atoms with E-state index in [1.165, 1.54) is 0 Å². The van der Waals surface area contributed by atoms with E-state index in [-0.39, 0.29) is 6.42 Å². The molecule has 8 heteroatoms. The maximum Gasteiger partial charge on any atom is 0.364 e. The molecule has 2 saturated heterocycles. The van der Waals surface area contributed by atoms with E-state index in [9.17, 15) is 15.0 Å². The molecule has 0 amide bonds. The van der Waals surface area contributed by atoms with E-state index in [1.807, 2.05) is 0 Å². The van der Waals surface area contributed by atoms with Crippen molar-refractivity contribution in [2.45, 2.75) is 42.7 Å². The summed E-state index contributed by atoms with van der Waals surface area (Å²) in [6.07, 6.45) is -4.74. The number of aliphatic carboxylic acids is 1. The highest BCUT2D eigenvalue weighted by Gasteiger charge is 2.62. The van der Waals surface area contributed by atoms with Gasteiger partial charge in [0.05, 0.1) is 18.8 Å². The maximum absolute atomic E-state index is 11.1. The number of ether oxygens (including phenoxy) is 2. The van der Waals surface area contributed by atoms with Gasteiger partial charge in [-0.2, -0.15) is 0 Å². The molecule has 17 heavy (non-hydrogen) atoms. The number of carboxylic acid groups (broad SMARTS) is 1. The molecule has 2 bridgehead atoms. The third kappa shape index (κ3) is 1.82. The third-order valence-corrected chi connectivity index (χ3v) is 3.17. The molecule has 0 spiro atoms.